The number of rotatable bonds is 9. The molecule has 0 aromatic heterocycles. The maximum Gasteiger partial charge on any atom is 0.191 e. The quantitative estimate of drug-likeness (QED) is 0.428. The first-order chi connectivity index (χ1) is 12.7. The van der Waals surface area contributed by atoms with Crippen LogP contribution in [-0.4, -0.2) is 74.0 Å². The Morgan fingerprint density at radius 3 is 2.46 bits per heavy atom. The minimum absolute atomic E-state index is 0.156. The lowest BCUT2D eigenvalue weighted by Crippen LogP contribution is -2.49. The maximum absolute atomic E-state index is 10.0. The topological polar surface area (TPSA) is 69.1 Å². The summed E-state index contributed by atoms with van der Waals surface area (Å²) in [7, 11) is 0. The van der Waals surface area contributed by atoms with Crippen molar-refractivity contribution >= 4 is 5.96 Å². The van der Waals surface area contributed by atoms with Gasteiger partial charge in [0.1, 0.15) is 0 Å². The molecule has 1 saturated carbocycles. The smallest absolute Gasteiger partial charge is 0.191 e. The average Bonchev–Trinajstić information content (AvgIpc) is 3.08. The Bertz CT molecular complexity index is 409. The van der Waals surface area contributed by atoms with Crippen LogP contribution in [0.15, 0.2) is 4.99 Å². The van der Waals surface area contributed by atoms with Crippen LogP contribution in [0.5, 0.6) is 0 Å². The minimum atomic E-state index is -0.156. The van der Waals surface area contributed by atoms with Gasteiger partial charge in [-0.05, 0) is 25.7 Å². The van der Waals surface area contributed by atoms with Crippen molar-refractivity contribution in [3.05, 3.63) is 0 Å². The highest BCUT2D eigenvalue weighted by Crippen LogP contribution is 2.24. The molecule has 6 nitrogen and oxygen atoms in total. The predicted octanol–water partition coefficient (Wildman–Crippen LogP) is 1.84. The predicted molar refractivity (Wildman–Crippen MR) is 108 cm³/mol. The second-order valence-corrected chi connectivity index (χ2v) is 7.65. The van der Waals surface area contributed by atoms with E-state index in [-0.39, 0.29) is 6.10 Å². The van der Waals surface area contributed by atoms with Gasteiger partial charge >= 0.3 is 0 Å². The second-order valence-electron chi connectivity index (χ2n) is 7.65. The van der Waals surface area contributed by atoms with E-state index in [1.165, 1.54) is 12.8 Å². The lowest BCUT2D eigenvalue weighted by atomic mass is 9.92. The zero-order valence-electron chi connectivity index (χ0n) is 17.0. The fourth-order valence-electron chi connectivity index (χ4n) is 4.31. The van der Waals surface area contributed by atoms with Crippen molar-refractivity contribution in [1.82, 2.24) is 15.5 Å². The molecule has 0 bridgehead atoms. The van der Waals surface area contributed by atoms with Crippen molar-refractivity contribution in [2.45, 2.75) is 65.0 Å². The number of aliphatic hydroxyl groups excluding tert-OH is 1. The number of aliphatic imine (C=N–C) groups is 1. The molecule has 0 aromatic rings. The molecule has 152 valence electrons. The van der Waals surface area contributed by atoms with Gasteiger partial charge < -0.3 is 20.5 Å². The summed E-state index contributed by atoms with van der Waals surface area (Å²) in [4.78, 5) is 7.49. The zero-order chi connectivity index (χ0) is 18.8. The Hall–Kier alpha value is -0.850. The van der Waals surface area contributed by atoms with Crippen LogP contribution in [-0.2, 0) is 4.74 Å². The van der Waals surface area contributed by atoms with E-state index in [4.69, 9.17) is 9.73 Å². The molecule has 1 aliphatic heterocycles. The highest BCUT2D eigenvalue weighted by molar-refractivity contribution is 5.79. The van der Waals surface area contributed by atoms with Gasteiger partial charge in [-0.1, -0.05) is 33.1 Å². The van der Waals surface area contributed by atoms with Crippen LogP contribution in [0.4, 0.5) is 0 Å². The van der Waals surface area contributed by atoms with Crippen LogP contribution in [0, 0.1) is 11.8 Å². The van der Waals surface area contributed by atoms with Gasteiger partial charge in [0.05, 0.1) is 25.9 Å². The summed E-state index contributed by atoms with van der Waals surface area (Å²) in [6, 6.07) is 0.474. The molecule has 26 heavy (non-hydrogen) atoms. The van der Waals surface area contributed by atoms with E-state index >= 15 is 0 Å². The lowest BCUT2D eigenvalue weighted by Gasteiger charge is -2.38. The third-order valence-electron chi connectivity index (χ3n) is 6.04. The summed E-state index contributed by atoms with van der Waals surface area (Å²) in [6.07, 6.45) is 5.40. The SMILES string of the molecule is CCNC(=NCC(C(CC)CC)N1CCOCC1)NCC1CCCC1O. The van der Waals surface area contributed by atoms with E-state index in [2.05, 4.69) is 36.3 Å². The summed E-state index contributed by atoms with van der Waals surface area (Å²) in [5.74, 6) is 1.90. The largest absolute Gasteiger partial charge is 0.393 e. The monoisotopic (exact) mass is 368 g/mol. The normalized spacial score (nSPS) is 26.3. The number of hydrogen-bond acceptors (Lipinski definition) is 4. The number of nitrogens with zero attached hydrogens (tertiary/aromatic N) is 2. The maximum atomic E-state index is 10.0. The molecule has 1 saturated heterocycles. The molecular formula is C20H40N4O2. The highest BCUT2D eigenvalue weighted by Gasteiger charge is 2.27. The van der Waals surface area contributed by atoms with Crippen molar-refractivity contribution in [2.75, 3.05) is 45.9 Å². The van der Waals surface area contributed by atoms with E-state index in [1.807, 2.05) is 0 Å². The Morgan fingerprint density at radius 1 is 1.15 bits per heavy atom. The first kappa shape index (κ1) is 21.5. The first-order valence-electron chi connectivity index (χ1n) is 10.7. The van der Waals surface area contributed by atoms with Crippen LogP contribution < -0.4 is 10.6 Å². The fraction of sp³-hybridized carbons (Fsp3) is 0.950. The molecule has 3 unspecified atom stereocenters. The second kappa shape index (κ2) is 11.8. The van der Waals surface area contributed by atoms with Crippen molar-refractivity contribution in [3.63, 3.8) is 0 Å². The van der Waals surface area contributed by atoms with Gasteiger partial charge in [0.25, 0.3) is 0 Å². The van der Waals surface area contributed by atoms with Gasteiger partial charge in [-0.2, -0.15) is 0 Å². The summed E-state index contributed by atoms with van der Waals surface area (Å²) in [5.41, 5.74) is 0. The molecule has 0 spiro atoms. The van der Waals surface area contributed by atoms with E-state index in [1.54, 1.807) is 0 Å². The van der Waals surface area contributed by atoms with Gasteiger partial charge in [0.15, 0.2) is 5.96 Å². The van der Waals surface area contributed by atoms with Gasteiger partial charge in [-0.3, -0.25) is 9.89 Å². The van der Waals surface area contributed by atoms with Crippen molar-refractivity contribution in [1.29, 1.82) is 0 Å². The Morgan fingerprint density at radius 2 is 1.88 bits per heavy atom. The van der Waals surface area contributed by atoms with Gasteiger partial charge in [-0.15, -0.1) is 0 Å². The summed E-state index contributed by atoms with van der Waals surface area (Å²) in [5, 5.41) is 16.9. The molecule has 0 radical (unpaired) electrons. The number of hydrogen-bond donors (Lipinski definition) is 3. The average molecular weight is 369 g/mol. The standard InChI is InChI=1S/C20H40N4O2/c1-4-16(5-2)18(24-10-12-26-13-11-24)15-23-20(21-6-3)22-14-17-8-7-9-19(17)25/h16-19,25H,4-15H2,1-3H3,(H2,21,22,23). The summed E-state index contributed by atoms with van der Waals surface area (Å²) < 4.78 is 5.54. The lowest BCUT2D eigenvalue weighted by molar-refractivity contribution is 0.00395. The van der Waals surface area contributed by atoms with E-state index in [0.29, 0.717) is 17.9 Å². The molecule has 6 heteroatoms. The van der Waals surface area contributed by atoms with Crippen molar-refractivity contribution in [2.24, 2.45) is 16.8 Å². The summed E-state index contributed by atoms with van der Waals surface area (Å²) >= 11 is 0. The molecule has 3 N–H and O–H groups in total. The van der Waals surface area contributed by atoms with Gasteiger partial charge in [0, 0.05) is 38.1 Å². The van der Waals surface area contributed by atoms with Crippen LogP contribution in [0.3, 0.4) is 0 Å². The molecule has 3 atom stereocenters. The molecule has 1 heterocycles. The number of morpholine rings is 1. The van der Waals surface area contributed by atoms with Gasteiger partial charge in [0.2, 0.25) is 0 Å². The number of guanidine groups is 1. The zero-order valence-corrected chi connectivity index (χ0v) is 17.0. The molecule has 1 aliphatic carbocycles. The van der Waals surface area contributed by atoms with E-state index in [9.17, 15) is 5.11 Å². The molecule has 2 aliphatic rings. The third kappa shape index (κ3) is 6.39. The minimum Gasteiger partial charge on any atom is -0.393 e. The van der Waals surface area contributed by atoms with E-state index < -0.39 is 0 Å². The Kier molecular flexibility index (Phi) is 9.72. The molecule has 2 rings (SSSR count). The fourth-order valence-corrected chi connectivity index (χ4v) is 4.31. The molecular weight excluding hydrogens is 328 g/mol. The Balaban J connectivity index is 1.97. The molecule has 0 aromatic carbocycles. The number of ether oxygens (including phenoxy) is 1. The summed E-state index contributed by atoms with van der Waals surface area (Å²) in [6.45, 7) is 12.8. The van der Waals surface area contributed by atoms with E-state index in [0.717, 1.165) is 71.2 Å². The van der Waals surface area contributed by atoms with Crippen LogP contribution >= 0.6 is 0 Å². The highest BCUT2D eigenvalue weighted by atomic mass is 16.5. The molecule has 0 amide bonds. The van der Waals surface area contributed by atoms with Crippen LogP contribution in [0.25, 0.3) is 0 Å². The van der Waals surface area contributed by atoms with Crippen molar-refractivity contribution < 1.29 is 9.84 Å². The van der Waals surface area contributed by atoms with Crippen molar-refractivity contribution in [3.8, 4) is 0 Å². The number of nitrogens with one attached hydrogen (secondary N) is 2. The van der Waals surface area contributed by atoms with Gasteiger partial charge in [-0.25, -0.2) is 0 Å². The third-order valence-corrected chi connectivity index (χ3v) is 6.04. The Labute approximate surface area is 159 Å². The van der Waals surface area contributed by atoms with Crippen LogP contribution in [0.2, 0.25) is 0 Å². The first-order valence-corrected chi connectivity index (χ1v) is 10.7. The molecule has 2 fully saturated rings. The van der Waals surface area contributed by atoms with Crippen LogP contribution in [0.1, 0.15) is 52.9 Å². The number of aliphatic hydroxyl groups is 1.